The fourth-order valence-electron chi connectivity index (χ4n) is 1.80. The zero-order chi connectivity index (χ0) is 10.8. The van der Waals surface area contributed by atoms with Crippen molar-refractivity contribution in [2.45, 2.75) is 46.1 Å². The van der Waals surface area contributed by atoms with Gasteiger partial charge < -0.3 is 5.32 Å². The van der Waals surface area contributed by atoms with Crippen molar-refractivity contribution in [1.82, 2.24) is 15.2 Å². The molecule has 15 heavy (non-hydrogen) atoms. The molecule has 4 heteroatoms. The minimum atomic E-state index is 0.578. The molecule has 1 aliphatic rings. The van der Waals surface area contributed by atoms with Gasteiger partial charge in [0.25, 0.3) is 0 Å². The van der Waals surface area contributed by atoms with Gasteiger partial charge in [-0.2, -0.15) is 5.10 Å². The van der Waals surface area contributed by atoms with Crippen LogP contribution in [0.2, 0.25) is 0 Å². The van der Waals surface area contributed by atoms with Gasteiger partial charge in [-0.15, -0.1) is 5.10 Å². The highest BCUT2D eigenvalue weighted by Crippen LogP contribution is 2.36. The van der Waals surface area contributed by atoms with Gasteiger partial charge in [-0.05, 0) is 32.6 Å². The summed E-state index contributed by atoms with van der Waals surface area (Å²) in [5.41, 5.74) is 1.86. The van der Waals surface area contributed by atoms with E-state index in [1.165, 1.54) is 19.3 Å². The normalized spacial score (nSPS) is 23.9. The SMILES string of the molecule is CCCC1CC1Nc1nnc(C)c(C)n1. The molecule has 1 heterocycles. The van der Waals surface area contributed by atoms with Gasteiger partial charge in [0.05, 0.1) is 11.4 Å². The molecule has 1 aliphatic carbocycles. The summed E-state index contributed by atoms with van der Waals surface area (Å²) in [4.78, 5) is 4.36. The standard InChI is InChI=1S/C11H18N4/c1-4-5-9-6-10(9)13-11-12-7(2)8(3)14-15-11/h9-10H,4-6H2,1-3H3,(H,12,13,15). The molecule has 0 bridgehead atoms. The summed E-state index contributed by atoms with van der Waals surface area (Å²) >= 11 is 0. The van der Waals surface area contributed by atoms with Crippen LogP contribution in [0.5, 0.6) is 0 Å². The summed E-state index contributed by atoms with van der Waals surface area (Å²) in [6.45, 7) is 6.12. The average molecular weight is 206 g/mol. The molecular weight excluding hydrogens is 188 g/mol. The lowest BCUT2D eigenvalue weighted by Crippen LogP contribution is -2.10. The number of hydrogen-bond acceptors (Lipinski definition) is 4. The van der Waals surface area contributed by atoms with Crippen molar-refractivity contribution in [1.29, 1.82) is 0 Å². The first-order valence-electron chi connectivity index (χ1n) is 5.65. The fraction of sp³-hybridized carbons (Fsp3) is 0.727. The predicted molar refractivity (Wildman–Crippen MR) is 59.7 cm³/mol. The van der Waals surface area contributed by atoms with Crippen LogP contribution < -0.4 is 5.32 Å². The van der Waals surface area contributed by atoms with Gasteiger partial charge in [0.1, 0.15) is 0 Å². The van der Waals surface area contributed by atoms with E-state index in [1.54, 1.807) is 0 Å². The molecule has 82 valence electrons. The lowest BCUT2D eigenvalue weighted by Gasteiger charge is -2.04. The molecule has 2 atom stereocenters. The Balaban J connectivity index is 1.92. The van der Waals surface area contributed by atoms with Gasteiger partial charge >= 0.3 is 0 Å². The number of hydrogen-bond donors (Lipinski definition) is 1. The Kier molecular flexibility index (Phi) is 2.84. The van der Waals surface area contributed by atoms with Crippen LogP contribution in [-0.4, -0.2) is 21.2 Å². The summed E-state index contributed by atoms with van der Waals surface area (Å²) in [5.74, 6) is 1.50. The van der Waals surface area contributed by atoms with Gasteiger partial charge in [-0.25, -0.2) is 4.98 Å². The third kappa shape index (κ3) is 2.43. The van der Waals surface area contributed by atoms with Gasteiger partial charge in [0.2, 0.25) is 5.95 Å². The smallest absolute Gasteiger partial charge is 0.243 e. The first-order valence-corrected chi connectivity index (χ1v) is 5.65. The third-order valence-corrected chi connectivity index (χ3v) is 2.99. The van der Waals surface area contributed by atoms with Crippen molar-refractivity contribution < 1.29 is 0 Å². The Bertz CT molecular complexity index is 350. The molecule has 0 amide bonds. The topological polar surface area (TPSA) is 50.7 Å². The molecule has 2 rings (SSSR count). The zero-order valence-electron chi connectivity index (χ0n) is 9.62. The van der Waals surface area contributed by atoms with Gasteiger partial charge in [0.15, 0.2) is 0 Å². The summed E-state index contributed by atoms with van der Waals surface area (Å²) in [7, 11) is 0. The number of anilines is 1. The van der Waals surface area contributed by atoms with E-state index in [0.717, 1.165) is 17.3 Å². The van der Waals surface area contributed by atoms with Gasteiger partial charge in [-0.3, -0.25) is 0 Å². The van der Waals surface area contributed by atoms with Crippen LogP contribution in [0.25, 0.3) is 0 Å². The number of aromatic nitrogens is 3. The summed E-state index contributed by atoms with van der Waals surface area (Å²) in [6.07, 6.45) is 3.81. The van der Waals surface area contributed by atoms with Crippen molar-refractivity contribution in [3.8, 4) is 0 Å². The van der Waals surface area contributed by atoms with Crippen LogP contribution in [0, 0.1) is 19.8 Å². The second-order valence-electron chi connectivity index (χ2n) is 4.34. The molecule has 1 aromatic heterocycles. The van der Waals surface area contributed by atoms with E-state index in [4.69, 9.17) is 0 Å². The fourth-order valence-corrected chi connectivity index (χ4v) is 1.80. The van der Waals surface area contributed by atoms with Crippen molar-refractivity contribution in [2.24, 2.45) is 5.92 Å². The van der Waals surface area contributed by atoms with Crippen LogP contribution >= 0.6 is 0 Å². The molecule has 0 spiro atoms. The molecule has 0 aromatic carbocycles. The Labute approximate surface area is 90.5 Å². The molecule has 4 nitrogen and oxygen atoms in total. The number of nitrogens with one attached hydrogen (secondary N) is 1. The zero-order valence-corrected chi connectivity index (χ0v) is 9.62. The van der Waals surface area contributed by atoms with Crippen LogP contribution in [0.4, 0.5) is 5.95 Å². The Morgan fingerprint density at radius 1 is 1.27 bits per heavy atom. The highest BCUT2D eigenvalue weighted by molar-refractivity contribution is 5.29. The van der Waals surface area contributed by atoms with E-state index >= 15 is 0 Å². The molecule has 0 saturated heterocycles. The van der Waals surface area contributed by atoms with Crippen molar-refractivity contribution in [3.05, 3.63) is 11.4 Å². The molecule has 0 radical (unpaired) electrons. The Morgan fingerprint density at radius 2 is 2.07 bits per heavy atom. The third-order valence-electron chi connectivity index (χ3n) is 2.99. The predicted octanol–water partition coefficient (Wildman–Crippen LogP) is 2.09. The summed E-state index contributed by atoms with van der Waals surface area (Å²) in [6, 6.07) is 0.578. The second-order valence-corrected chi connectivity index (χ2v) is 4.34. The number of nitrogens with zero attached hydrogens (tertiary/aromatic N) is 3. The largest absolute Gasteiger partial charge is 0.350 e. The first-order chi connectivity index (χ1) is 7.20. The Hall–Kier alpha value is -1.19. The van der Waals surface area contributed by atoms with Crippen LogP contribution in [0.1, 0.15) is 37.6 Å². The molecular formula is C11H18N4. The monoisotopic (exact) mass is 206 g/mol. The first kappa shape index (κ1) is 10.3. The maximum atomic E-state index is 4.36. The Morgan fingerprint density at radius 3 is 2.73 bits per heavy atom. The average Bonchev–Trinajstić information content (AvgIpc) is 2.91. The van der Waals surface area contributed by atoms with E-state index in [-0.39, 0.29) is 0 Å². The van der Waals surface area contributed by atoms with Crippen molar-refractivity contribution in [2.75, 3.05) is 5.32 Å². The molecule has 1 aromatic rings. The van der Waals surface area contributed by atoms with Crippen LogP contribution in [0.3, 0.4) is 0 Å². The van der Waals surface area contributed by atoms with E-state index < -0.39 is 0 Å². The van der Waals surface area contributed by atoms with Crippen LogP contribution in [-0.2, 0) is 0 Å². The van der Waals surface area contributed by atoms with E-state index in [1.807, 2.05) is 13.8 Å². The highest BCUT2D eigenvalue weighted by Gasteiger charge is 2.36. The van der Waals surface area contributed by atoms with Crippen LogP contribution in [0.15, 0.2) is 0 Å². The molecule has 1 N–H and O–H groups in total. The lowest BCUT2D eigenvalue weighted by molar-refractivity contribution is 0.690. The second kappa shape index (κ2) is 4.13. The van der Waals surface area contributed by atoms with Gasteiger partial charge in [-0.1, -0.05) is 13.3 Å². The highest BCUT2D eigenvalue weighted by atomic mass is 15.3. The molecule has 2 unspecified atom stereocenters. The summed E-state index contributed by atoms with van der Waals surface area (Å²) < 4.78 is 0. The minimum absolute atomic E-state index is 0.578. The quantitative estimate of drug-likeness (QED) is 0.819. The maximum Gasteiger partial charge on any atom is 0.243 e. The van der Waals surface area contributed by atoms with E-state index in [0.29, 0.717) is 12.0 Å². The maximum absolute atomic E-state index is 4.36. The number of rotatable bonds is 4. The molecule has 1 saturated carbocycles. The van der Waals surface area contributed by atoms with Crippen molar-refractivity contribution >= 4 is 5.95 Å². The number of aryl methyl sites for hydroxylation is 2. The van der Waals surface area contributed by atoms with E-state index in [2.05, 4.69) is 27.4 Å². The van der Waals surface area contributed by atoms with Gasteiger partial charge in [0, 0.05) is 6.04 Å². The lowest BCUT2D eigenvalue weighted by atomic mass is 10.2. The van der Waals surface area contributed by atoms with E-state index in [9.17, 15) is 0 Å². The molecule has 1 fully saturated rings. The summed E-state index contributed by atoms with van der Waals surface area (Å²) in [5, 5.41) is 11.4. The van der Waals surface area contributed by atoms with Crippen molar-refractivity contribution in [3.63, 3.8) is 0 Å². The minimum Gasteiger partial charge on any atom is -0.350 e. The molecule has 0 aliphatic heterocycles.